The van der Waals surface area contributed by atoms with E-state index in [4.69, 9.17) is 4.42 Å². The Morgan fingerprint density at radius 2 is 2.40 bits per heavy atom. The van der Waals surface area contributed by atoms with E-state index in [9.17, 15) is 4.79 Å². The highest BCUT2D eigenvalue weighted by Gasteiger charge is 2.15. The van der Waals surface area contributed by atoms with Crippen LogP contribution in [0.3, 0.4) is 0 Å². The van der Waals surface area contributed by atoms with Crippen molar-refractivity contribution in [1.29, 1.82) is 0 Å². The lowest BCUT2D eigenvalue weighted by molar-refractivity contribution is 0.0588. The summed E-state index contributed by atoms with van der Waals surface area (Å²) in [5, 5.41) is 4.14. The lowest BCUT2D eigenvalue weighted by Gasteiger charge is -1.96. The van der Waals surface area contributed by atoms with Crippen LogP contribution in [0.5, 0.6) is 0 Å². The molecule has 2 heterocycles. The molecule has 0 N–H and O–H groups in total. The summed E-state index contributed by atoms with van der Waals surface area (Å²) in [6.07, 6.45) is 1.56. The molecule has 0 aliphatic rings. The lowest BCUT2D eigenvalue weighted by atomic mass is 10.3. The maximum Gasteiger partial charge on any atom is 0.356 e. The number of rotatable bonds is 2. The van der Waals surface area contributed by atoms with Gasteiger partial charge >= 0.3 is 5.97 Å². The number of furan rings is 1. The van der Waals surface area contributed by atoms with E-state index in [2.05, 4.69) is 9.84 Å². The molecule has 0 saturated heterocycles. The fraction of sp³-hybridized carbons (Fsp3) is 0.200. The Labute approximate surface area is 86.3 Å². The number of carbonyl (C=O) groups is 1. The molecule has 0 aromatic carbocycles. The van der Waals surface area contributed by atoms with E-state index in [1.54, 1.807) is 31.5 Å². The number of methoxy groups -OCH3 is 1. The van der Waals surface area contributed by atoms with Gasteiger partial charge in [0.1, 0.15) is 11.4 Å². The molecular formula is C10H10N2O3. The molecule has 2 aromatic heterocycles. The van der Waals surface area contributed by atoms with E-state index in [1.165, 1.54) is 11.8 Å². The quantitative estimate of drug-likeness (QED) is 0.698. The van der Waals surface area contributed by atoms with Crippen LogP contribution in [-0.2, 0) is 11.8 Å². The van der Waals surface area contributed by atoms with Crippen molar-refractivity contribution in [2.45, 2.75) is 0 Å². The molecule has 0 bridgehead atoms. The van der Waals surface area contributed by atoms with Crippen LogP contribution in [0.4, 0.5) is 0 Å². The van der Waals surface area contributed by atoms with Crippen LogP contribution >= 0.6 is 0 Å². The van der Waals surface area contributed by atoms with E-state index in [0.717, 1.165) is 0 Å². The number of nitrogens with zero attached hydrogens (tertiary/aromatic N) is 2. The zero-order valence-corrected chi connectivity index (χ0v) is 8.43. The van der Waals surface area contributed by atoms with Gasteiger partial charge in [0.05, 0.1) is 13.4 Å². The second-order valence-corrected chi connectivity index (χ2v) is 3.01. The van der Waals surface area contributed by atoms with E-state index < -0.39 is 5.97 Å². The standard InChI is InChI=1S/C10H10N2O3/c1-12-8(10(13)14-2)6-7(11-12)9-4-3-5-15-9/h3-6H,1-2H3. The number of aryl methyl sites for hydroxylation is 1. The molecule has 0 amide bonds. The molecule has 78 valence electrons. The number of ether oxygens (including phenoxy) is 1. The third-order valence-corrected chi connectivity index (χ3v) is 2.05. The van der Waals surface area contributed by atoms with E-state index in [1.807, 2.05) is 0 Å². The number of aromatic nitrogens is 2. The van der Waals surface area contributed by atoms with Gasteiger partial charge in [-0.2, -0.15) is 5.10 Å². The maximum atomic E-state index is 11.3. The molecule has 0 aliphatic heterocycles. The van der Waals surface area contributed by atoms with Crippen LogP contribution in [0, 0.1) is 0 Å². The molecule has 0 atom stereocenters. The monoisotopic (exact) mass is 206 g/mol. The highest BCUT2D eigenvalue weighted by molar-refractivity contribution is 5.88. The van der Waals surface area contributed by atoms with Crippen LogP contribution in [0.1, 0.15) is 10.5 Å². The molecule has 0 unspecified atom stereocenters. The molecule has 0 radical (unpaired) electrons. The Hall–Kier alpha value is -2.04. The lowest BCUT2D eigenvalue weighted by Crippen LogP contribution is -2.07. The second kappa shape index (κ2) is 3.61. The van der Waals surface area contributed by atoms with Crippen LogP contribution in [0.25, 0.3) is 11.5 Å². The first-order valence-corrected chi connectivity index (χ1v) is 4.38. The maximum absolute atomic E-state index is 11.3. The fourth-order valence-corrected chi connectivity index (χ4v) is 1.31. The van der Waals surface area contributed by atoms with Crippen LogP contribution < -0.4 is 0 Å². The zero-order valence-electron chi connectivity index (χ0n) is 8.43. The van der Waals surface area contributed by atoms with E-state index >= 15 is 0 Å². The molecular weight excluding hydrogens is 196 g/mol. The highest BCUT2D eigenvalue weighted by Crippen LogP contribution is 2.19. The number of hydrogen-bond acceptors (Lipinski definition) is 4. The minimum absolute atomic E-state index is 0.393. The van der Waals surface area contributed by atoms with Crippen molar-refractivity contribution in [2.24, 2.45) is 7.05 Å². The molecule has 15 heavy (non-hydrogen) atoms. The van der Waals surface area contributed by atoms with Gasteiger partial charge in [0.2, 0.25) is 0 Å². The van der Waals surface area contributed by atoms with Crippen LogP contribution in [0.2, 0.25) is 0 Å². The minimum atomic E-state index is -0.414. The topological polar surface area (TPSA) is 57.3 Å². The summed E-state index contributed by atoms with van der Waals surface area (Å²) in [5.74, 6) is 0.212. The van der Waals surface area contributed by atoms with Crippen molar-refractivity contribution < 1.29 is 13.9 Å². The van der Waals surface area contributed by atoms with Gasteiger partial charge in [-0.25, -0.2) is 4.79 Å². The van der Waals surface area contributed by atoms with Crippen LogP contribution in [-0.4, -0.2) is 22.9 Å². The van der Waals surface area contributed by atoms with E-state index in [0.29, 0.717) is 17.1 Å². The van der Waals surface area contributed by atoms with Gasteiger partial charge < -0.3 is 9.15 Å². The second-order valence-electron chi connectivity index (χ2n) is 3.01. The van der Waals surface area contributed by atoms with Gasteiger partial charge in [-0.15, -0.1) is 0 Å². The first-order chi connectivity index (χ1) is 7.22. The van der Waals surface area contributed by atoms with Crippen molar-refractivity contribution in [3.05, 3.63) is 30.2 Å². The predicted molar refractivity (Wildman–Crippen MR) is 52.2 cm³/mol. The van der Waals surface area contributed by atoms with Crippen molar-refractivity contribution >= 4 is 5.97 Å². The molecule has 5 heteroatoms. The first-order valence-electron chi connectivity index (χ1n) is 4.38. The van der Waals surface area contributed by atoms with Crippen molar-refractivity contribution in [2.75, 3.05) is 7.11 Å². The zero-order chi connectivity index (χ0) is 10.8. The Morgan fingerprint density at radius 1 is 1.60 bits per heavy atom. The third kappa shape index (κ3) is 1.63. The van der Waals surface area contributed by atoms with Crippen LogP contribution in [0.15, 0.2) is 28.9 Å². The normalized spacial score (nSPS) is 10.3. The van der Waals surface area contributed by atoms with Gasteiger partial charge in [0.15, 0.2) is 5.76 Å². The molecule has 0 aliphatic carbocycles. The summed E-state index contributed by atoms with van der Waals surface area (Å²) in [5.41, 5.74) is 1.01. The SMILES string of the molecule is COC(=O)c1cc(-c2ccco2)nn1C. The summed E-state index contributed by atoms with van der Waals surface area (Å²) < 4.78 is 11.3. The van der Waals surface area contributed by atoms with Gasteiger partial charge in [0, 0.05) is 13.1 Å². The van der Waals surface area contributed by atoms with Crippen molar-refractivity contribution in [3.63, 3.8) is 0 Å². The molecule has 0 saturated carbocycles. The Kier molecular flexibility index (Phi) is 2.29. The van der Waals surface area contributed by atoms with Gasteiger partial charge in [0.25, 0.3) is 0 Å². The smallest absolute Gasteiger partial charge is 0.356 e. The number of carbonyl (C=O) groups excluding carboxylic acids is 1. The fourth-order valence-electron chi connectivity index (χ4n) is 1.31. The molecule has 0 spiro atoms. The van der Waals surface area contributed by atoms with Crippen molar-refractivity contribution in [3.8, 4) is 11.5 Å². The van der Waals surface area contributed by atoms with Gasteiger partial charge in [-0.05, 0) is 12.1 Å². The summed E-state index contributed by atoms with van der Waals surface area (Å²) in [6, 6.07) is 5.18. The Bertz CT molecular complexity index is 471. The number of hydrogen-bond donors (Lipinski definition) is 0. The first kappa shape index (κ1) is 9.51. The molecule has 2 aromatic rings. The largest absolute Gasteiger partial charge is 0.464 e. The summed E-state index contributed by atoms with van der Waals surface area (Å²) in [4.78, 5) is 11.3. The number of esters is 1. The molecule has 5 nitrogen and oxygen atoms in total. The van der Waals surface area contributed by atoms with Gasteiger partial charge in [-0.1, -0.05) is 0 Å². The highest BCUT2D eigenvalue weighted by atomic mass is 16.5. The summed E-state index contributed by atoms with van der Waals surface area (Å²) in [6.45, 7) is 0. The average molecular weight is 206 g/mol. The summed E-state index contributed by atoms with van der Waals surface area (Å²) in [7, 11) is 3.01. The van der Waals surface area contributed by atoms with Gasteiger partial charge in [-0.3, -0.25) is 4.68 Å². The molecule has 2 rings (SSSR count). The Morgan fingerprint density at radius 3 is 3.00 bits per heavy atom. The molecule has 0 fully saturated rings. The average Bonchev–Trinajstić information content (AvgIpc) is 2.84. The Balaban J connectivity index is 2.41. The summed E-state index contributed by atoms with van der Waals surface area (Å²) >= 11 is 0. The minimum Gasteiger partial charge on any atom is -0.464 e. The third-order valence-electron chi connectivity index (χ3n) is 2.05. The van der Waals surface area contributed by atoms with Crippen molar-refractivity contribution in [1.82, 2.24) is 9.78 Å². The predicted octanol–water partition coefficient (Wildman–Crippen LogP) is 1.47. The van der Waals surface area contributed by atoms with E-state index in [-0.39, 0.29) is 0 Å².